The molecule has 0 saturated carbocycles. The fourth-order valence-corrected chi connectivity index (χ4v) is 3.65. The first-order chi connectivity index (χ1) is 13.0. The van der Waals surface area contributed by atoms with E-state index in [4.69, 9.17) is 9.44 Å². The fraction of sp³-hybridized carbons (Fsp3) is 0.167. The maximum Gasteiger partial charge on any atom is 0.296 e. The lowest BCUT2D eigenvalue weighted by Gasteiger charge is -2.05. The van der Waals surface area contributed by atoms with Gasteiger partial charge in [-0.2, -0.15) is 13.7 Å². The first-order valence-electron chi connectivity index (χ1n) is 8.05. The first-order valence-corrected chi connectivity index (χ1v) is 10.5. The van der Waals surface area contributed by atoms with E-state index in [1.807, 2.05) is 6.07 Å². The summed E-state index contributed by atoms with van der Waals surface area (Å²) in [4.78, 5) is 0.145. The number of hydrogen-bond acceptors (Lipinski definition) is 6. The van der Waals surface area contributed by atoms with Crippen molar-refractivity contribution in [1.29, 1.82) is 5.26 Å². The smallest absolute Gasteiger partial charge is 0.266 e. The third kappa shape index (κ3) is 5.12. The summed E-state index contributed by atoms with van der Waals surface area (Å²) in [5.41, 5.74) is 2.00. The largest absolute Gasteiger partial charge is 0.296 e. The van der Waals surface area contributed by atoms with E-state index in [0.717, 1.165) is 9.26 Å². The monoisotopic (exact) mass is 494 g/mol. The Bertz CT molecular complexity index is 1070. The number of nitriles is 1. The molecule has 0 atom stereocenters. The standard InChI is InChI=1S/C18H15IN4O3S/c19-15-6-8-18(9-7-15)27(24,25)26-10-2-4-16-13-23(22-21-16)17-5-1-3-14(11-17)12-20/h1,3,5-9,11,13H,2,4,10H2. The summed E-state index contributed by atoms with van der Waals surface area (Å²) in [6.07, 6.45) is 2.77. The highest BCUT2D eigenvalue weighted by atomic mass is 127. The van der Waals surface area contributed by atoms with Gasteiger partial charge in [0, 0.05) is 3.57 Å². The minimum Gasteiger partial charge on any atom is -0.266 e. The normalized spacial score (nSPS) is 11.3. The van der Waals surface area contributed by atoms with Gasteiger partial charge in [-0.25, -0.2) is 4.68 Å². The van der Waals surface area contributed by atoms with E-state index in [2.05, 4.69) is 39.0 Å². The van der Waals surface area contributed by atoms with E-state index in [1.54, 1.807) is 41.2 Å². The molecule has 0 spiro atoms. The molecule has 0 amide bonds. The van der Waals surface area contributed by atoms with Gasteiger partial charge in [0.2, 0.25) is 0 Å². The van der Waals surface area contributed by atoms with E-state index in [-0.39, 0.29) is 11.5 Å². The zero-order chi connectivity index (χ0) is 19.3. The number of aromatic nitrogens is 3. The molecular formula is C18H15IN4O3S. The third-order valence-corrected chi connectivity index (χ3v) is 5.74. The summed E-state index contributed by atoms with van der Waals surface area (Å²) in [6, 6.07) is 15.6. The van der Waals surface area contributed by atoms with Crippen molar-refractivity contribution < 1.29 is 12.6 Å². The van der Waals surface area contributed by atoms with Crippen molar-refractivity contribution in [3.8, 4) is 11.8 Å². The van der Waals surface area contributed by atoms with E-state index in [0.29, 0.717) is 24.1 Å². The third-order valence-electron chi connectivity index (χ3n) is 3.70. The predicted octanol–water partition coefficient (Wildman–Crippen LogP) is 3.08. The van der Waals surface area contributed by atoms with Gasteiger partial charge >= 0.3 is 0 Å². The number of hydrogen-bond donors (Lipinski definition) is 0. The van der Waals surface area contributed by atoms with Gasteiger partial charge in [0.05, 0.1) is 40.7 Å². The van der Waals surface area contributed by atoms with Crippen LogP contribution in [0.2, 0.25) is 0 Å². The molecule has 0 unspecified atom stereocenters. The SMILES string of the molecule is N#Cc1cccc(-n2cc(CCCOS(=O)(=O)c3ccc(I)cc3)nn2)c1. The number of nitrogens with zero attached hydrogens (tertiary/aromatic N) is 4. The zero-order valence-electron chi connectivity index (χ0n) is 14.1. The average Bonchev–Trinajstić information content (AvgIpc) is 3.15. The molecule has 0 saturated heterocycles. The van der Waals surface area contributed by atoms with Gasteiger partial charge in [-0.05, 0) is 77.9 Å². The second-order valence-electron chi connectivity index (χ2n) is 5.65. The van der Waals surface area contributed by atoms with Crippen molar-refractivity contribution in [3.63, 3.8) is 0 Å². The lowest BCUT2D eigenvalue weighted by atomic mass is 10.2. The van der Waals surface area contributed by atoms with Crippen molar-refractivity contribution in [1.82, 2.24) is 15.0 Å². The Hall–Kier alpha value is -2.29. The lowest BCUT2D eigenvalue weighted by Crippen LogP contribution is -2.08. The van der Waals surface area contributed by atoms with Gasteiger partial charge in [-0.1, -0.05) is 11.3 Å². The van der Waals surface area contributed by atoms with Crippen LogP contribution in [0.3, 0.4) is 0 Å². The molecule has 0 N–H and O–H groups in total. The Morgan fingerprint density at radius 2 is 1.96 bits per heavy atom. The lowest BCUT2D eigenvalue weighted by molar-refractivity contribution is 0.312. The Morgan fingerprint density at radius 3 is 2.70 bits per heavy atom. The second kappa shape index (κ2) is 8.60. The topological polar surface area (TPSA) is 97.9 Å². The Morgan fingerprint density at radius 1 is 1.19 bits per heavy atom. The van der Waals surface area contributed by atoms with Crippen molar-refractivity contribution >= 4 is 32.7 Å². The summed E-state index contributed by atoms with van der Waals surface area (Å²) < 4.78 is 31.9. The van der Waals surface area contributed by atoms with Crippen molar-refractivity contribution in [2.45, 2.75) is 17.7 Å². The van der Waals surface area contributed by atoms with Crippen LogP contribution in [0.15, 0.2) is 59.6 Å². The van der Waals surface area contributed by atoms with Gasteiger partial charge in [-0.15, -0.1) is 5.10 Å². The molecule has 3 aromatic rings. The van der Waals surface area contributed by atoms with Crippen LogP contribution in [-0.4, -0.2) is 30.0 Å². The van der Waals surface area contributed by atoms with Crippen LogP contribution in [0.5, 0.6) is 0 Å². The van der Waals surface area contributed by atoms with Crippen molar-refractivity contribution in [2.75, 3.05) is 6.61 Å². The van der Waals surface area contributed by atoms with Gasteiger partial charge in [0.25, 0.3) is 10.1 Å². The van der Waals surface area contributed by atoms with Crippen LogP contribution in [-0.2, 0) is 20.7 Å². The highest BCUT2D eigenvalue weighted by Gasteiger charge is 2.14. The van der Waals surface area contributed by atoms with Gasteiger partial charge in [-0.3, -0.25) is 4.18 Å². The second-order valence-corrected chi connectivity index (χ2v) is 8.51. The number of halogens is 1. The molecule has 9 heteroatoms. The summed E-state index contributed by atoms with van der Waals surface area (Å²) in [5, 5.41) is 17.1. The molecule has 0 fully saturated rings. The van der Waals surface area contributed by atoms with E-state index in [1.165, 1.54) is 12.1 Å². The zero-order valence-corrected chi connectivity index (χ0v) is 17.1. The van der Waals surface area contributed by atoms with Crippen LogP contribution in [0.25, 0.3) is 5.69 Å². The summed E-state index contributed by atoms with van der Waals surface area (Å²) >= 11 is 2.11. The van der Waals surface area contributed by atoms with Crippen molar-refractivity contribution in [2.24, 2.45) is 0 Å². The molecule has 0 aliphatic rings. The number of aryl methyl sites for hydroxylation is 1. The molecule has 0 aliphatic heterocycles. The molecule has 0 radical (unpaired) electrons. The molecule has 2 aromatic carbocycles. The summed E-state index contributed by atoms with van der Waals surface area (Å²) in [6.45, 7) is 0.0606. The van der Waals surface area contributed by atoms with Gasteiger partial charge in [0.15, 0.2) is 0 Å². The number of benzene rings is 2. The minimum atomic E-state index is -3.75. The molecule has 1 aromatic heterocycles. The van der Waals surface area contributed by atoms with Crippen molar-refractivity contribution in [3.05, 3.63) is 69.6 Å². The molecule has 27 heavy (non-hydrogen) atoms. The van der Waals surface area contributed by atoms with Crippen LogP contribution in [0, 0.1) is 14.9 Å². The van der Waals surface area contributed by atoms with E-state index in [9.17, 15) is 8.42 Å². The van der Waals surface area contributed by atoms with Crippen LogP contribution < -0.4 is 0 Å². The van der Waals surface area contributed by atoms with Gasteiger partial charge in [0.1, 0.15) is 0 Å². The Kier molecular flexibility index (Phi) is 6.20. The van der Waals surface area contributed by atoms with Crippen LogP contribution in [0.1, 0.15) is 17.7 Å². The van der Waals surface area contributed by atoms with Crippen LogP contribution >= 0.6 is 22.6 Å². The maximum absolute atomic E-state index is 12.1. The van der Waals surface area contributed by atoms with E-state index < -0.39 is 10.1 Å². The molecule has 3 rings (SSSR count). The highest BCUT2D eigenvalue weighted by Crippen LogP contribution is 2.15. The quantitative estimate of drug-likeness (QED) is 0.285. The fourth-order valence-electron chi connectivity index (χ4n) is 2.35. The minimum absolute atomic E-state index is 0.0606. The highest BCUT2D eigenvalue weighted by molar-refractivity contribution is 14.1. The number of rotatable bonds is 7. The van der Waals surface area contributed by atoms with Crippen LogP contribution in [0.4, 0.5) is 0 Å². The first kappa shape index (κ1) is 19.5. The maximum atomic E-state index is 12.1. The summed E-state index contributed by atoms with van der Waals surface area (Å²) in [7, 11) is -3.75. The molecule has 0 bridgehead atoms. The Labute approximate surface area is 170 Å². The molecular weight excluding hydrogens is 479 g/mol. The summed E-state index contributed by atoms with van der Waals surface area (Å²) in [5.74, 6) is 0. The molecule has 0 aliphatic carbocycles. The predicted molar refractivity (Wildman–Crippen MR) is 107 cm³/mol. The molecule has 7 nitrogen and oxygen atoms in total. The van der Waals surface area contributed by atoms with Gasteiger partial charge < -0.3 is 0 Å². The van der Waals surface area contributed by atoms with E-state index >= 15 is 0 Å². The molecule has 138 valence electrons. The molecule has 1 heterocycles. The Balaban J connectivity index is 1.55. The average molecular weight is 494 g/mol.